The summed E-state index contributed by atoms with van der Waals surface area (Å²) in [5.74, 6) is 0.108. The van der Waals surface area contributed by atoms with Crippen LogP contribution in [0.1, 0.15) is 39.5 Å². The Labute approximate surface area is 169 Å². The summed E-state index contributed by atoms with van der Waals surface area (Å²) >= 11 is 0. The van der Waals surface area contributed by atoms with E-state index in [4.69, 9.17) is 4.74 Å². The number of nitrogens with zero attached hydrogens (tertiary/aromatic N) is 5. The number of aromatic nitrogens is 5. The van der Waals surface area contributed by atoms with E-state index in [0.29, 0.717) is 11.3 Å². The third kappa shape index (κ3) is 3.44. The van der Waals surface area contributed by atoms with Crippen molar-refractivity contribution in [3.05, 3.63) is 43.1 Å². The number of aromatic hydroxyl groups is 1. The molecule has 0 radical (unpaired) electrons. The third-order valence-corrected chi connectivity index (χ3v) is 6.06. The van der Waals surface area contributed by atoms with Crippen LogP contribution in [0.25, 0.3) is 16.9 Å². The lowest BCUT2D eigenvalue weighted by molar-refractivity contribution is 0.0713. The van der Waals surface area contributed by atoms with Crippen LogP contribution >= 0.6 is 0 Å². The largest absolute Gasteiger partial charge is 0.507 e. The number of hydrogen-bond acceptors (Lipinski definition) is 7. The van der Waals surface area contributed by atoms with Gasteiger partial charge in [-0.15, -0.1) is 5.10 Å². The highest BCUT2D eigenvalue weighted by atomic mass is 16.5. The van der Waals surface area contributed by atoms with Gasteiger partial charge < -0.3 is 19.7 Å². The lowest BCUT2D eigenvalue weighted by Gasteiger charge is -2.41. The number of piperidine rings is 1. The topological polar surface area (TPSA) is 98.0 Å². The van der Waals surface area contributed by atoms with Crippen molar-refractivity contribution in [2.24, 2.45) is 0 Å². The van der Waals surface area contributed by atoms with Crippen LogP contribution in [0.15, 0.2) is 43.1 Å². The predicted octanol–water partition coefficient (Wildman–Crippen LogP) is 2.87. The highest BCUT2D eigenvalue weighted by Crippen LogP contribution is 2.42. The first kappa shape index (κ1) is 18.1. The van der Waals surface area contributed by atoms with E-state index in [2.05, 4.69) is 39.3 Å². The van der Waals surface area contributed by atoms with Crippen LogP contribution in [0.5, 0.6) is 11.8 Å². The van der Waals surface area contributed by atoms with Crippen LogP contribution in [0, 0.1) is 0 Å². The zero-order chi connectivity index (χ0) is 20.1. The normalized spacial score (nSPS) is 28.4. The summed E-state index contributed by atoms with van der Waals surface area (Å²) in [5.41, 5.74) is 2.12. The Bertz CT molecular complexity index is 1000. The van der Waals surface area contributed by atoms with E-state index in [1.807, 2.05) is 16.8 Å². The first-order valence-corrected chi connectivity index (χ1v) is 9.89. The van der Waals surface area contributed by atoms with Gasteiger partial charge in [0.1, 0.15) is 17.5 Å². The molecule has 8 heteroatoms. The van der Waals surface area contributed by atoms with Crippen molar-refractivity contribution in [3.8, 4) is 28.7 Å². The molecule has 0 unspecified atom stereocenters. The number of imidazole rings is 1. The van der Waals surface area contributed by atoms with Crippen LogP contribution in [0.4, 0.5) is 0 Å². The van der Waals surface area contributed by atoms with E-state index < -0.39 is 0 Å². The molecule has 0 spiro atoms. The maximum atomic E-state index is 10.4. The Morgan fingerprint density at radius 1 is 1.17 bits per heavy atom. The molecule has 0 amide bonds. The lowest BCUT2D eigenvalue weighted by Crippen LogP contribution is -2.56. The van der Waals surface area contributed by atoms with Crippen LogP contribution in [0.2, 0.25) is 0 Å². The summed E-state index contributed by atoms with van der Waals surface area (Å²) < 4.78 is 7.88. The lowest BCUT2D eigenvalue weighted by atomic mass is 9.86. The minimum atomic E-state index is 0.0734. The minimum absolute atomic E-state index is 0.0734. The quantitative estimate of drug-likeness (QED) is 0.704. The molecule has 29 heavy (non-hydrogen) atoms. The van der Waals surface area contributed by atoms with Crippen molar-refractivity contribution in [2.45, 2.75) is 56.7 Å². The Morgan fingerprint density at radius 2 is 1.97 bits per heavy atom. The fraction of sp³-hybridized carbons (Fsp3) is 0.429. The predicted molar refractivity (Wildman–Crippen MR) is 107 cm³/mol. The molecule has 2 N–H and O–H groups in total. The molecule has 0 aliphatic carbocycles. The molecule has 4 heterocycles. The van der Waals surface area contributed by atoms with E-state index in [-0.39, 0.29) is 28.9 Å². The second-order valence-electron chi connectivity index (χ2n) is 8.69. The summed E-state index contributed by atoms with van der Waals surface area (Å²) in [6.07, 6.45) is 11.0. The van der Waals surface area contributed by atoms with Gasteiger partial charge in [-0.1, -0.05) is 5.10 Å². The third-order valence-electron chi connectivity index (χ3n) is 6.06. The zero-order valence-corrected chi connectivity index (χ0v) is 16.5. The molecule has 8 nitrogen and oxygen atoms in total. The molecule has 2 saturated heterocycles. The molecule has 2 aliphatic heterocycles. The number of phenolic OH excluding ortho intramolecular Hbond substituents is 1. The molecule has 150 valence electrons. The molecule has 0 saturated carbocycles. The Morgan fingerprint density at radius 3 is 2.59 bits per heavy atom. The molecule has 5 rings (SSSR count). The Balaban J connectivity index is 1.32. The van der Waals surface area contributed by atoms with Gasteiger partial charge in [-0.2, -0.15) is 0 Å². The minimum Gasteiger partial charge on any atom is -0.507 e. The van der Waals surface area contributed by atoms with E-state index >= 15 is 0 Å². The number of ether oxygens (including phenoxy) is 1. The van der Waals surface area contributed by atoms with Gasteiger partial charge in [-0.25, -0.2) is 9.97 Å². The van der Waals surface area contributed by atoms with Gasteiger partial charge >= 0.3 is 6.01 Å². The Kier molecular flexibility index (Phi) is 4.06. The molecule has 3 atom stereocenters. The van der Waals surface area contributed by atoms with Crippen molar-refractivity contribution in [2.75, 3.05) is 0 Å². The molecule has 1 aromatic carbocycles. The summed E-state index contributed by atoms with van der Waals surface area (Å²) in [6.45, 7) is 4.51. The van der Waals surface area contributed by atoms with Crippen LogP contribution in [0.3, 0.4) is 0 Å². The maximum absolute atomic E-state index is 10.4. The van der Waals surface area contributed by atoms with Crippen LogP contribution in [-0.2, 0) is 0 Å². The van der Waals surface area contributed by atoms with E-state index in [0.717, 1.165) is 31.4 Å². The molecule has 2 aromatic heterocycles. The number of rotatable bonds is 4. The molecule has 2 aliphatic rings. The summed E-state index contributed by atoms with van der Waals surface area (Å²) in [7, 11) is 0. The van der Waals surface area contributed by atoms with Crippen LogP contribution < -0.4 is 10.1 Å². The molecule has 2 fully saturated rings. The van der Waals surface area contributed by atoms with Gasteiger partial charge in [-0.3, -0.25) is 0 Å². The average Bonchev–Trinajstić information content (AvgIpc) is 3.28. The second kappa shape index (κ2) is 6.52. The fourth-order valence-electron chi connectivity index (χ4n) is 4.77. The van der Waals surface area contributed by atoms with E-state index in [9.17, 15) is 5.11 Å². The second-order valence-corrected chi connectivity index (χ2v) is 8.69. The van der Waals surface area contributed by atoms with Crippen LogP contribution in [-0.4, -0.2) is 47.0 Å². The average molecular weight is 392 g/mol. The number of nitrogens with one attached hydrogen (secondary N) is 1. The van der Waals surface area contributed by atoms with Gasteiger partial charge in [0.25, 0.3) is 0 Å². The summed E-state index contributed by atoms with van der Waals surface area (Å²) in [5, 5.41) is 22.5. The number of phenols is 1. The maximum Gasteiger partial charge on any atom is 0.335 e. The first-order chi connectivity index (χ1) is 13.9. The SMILES string of the molecule is C[C@]12CC[C@](C)(C[C@@H](Oc3ncc(-c4ccc(-n5ccnc5)cc4O)nn3)C1)N2. The van der Waals surface area contributed by atoms with Crippen molar-refractivity contribution in [1.29, 1.82) is 0 Å². The highest BCUT2D eigenvalue weighted by Gasteiger charge is 2.49. The van der Waals surface area contributed by atoms with Crippen molar-refractivity contribution < 1.29 is 9.84 Å². The fourth-order valence-corrected chi connectivity index (χ4v) is 4.77. The van der Waals surface area contributed by atoms with Gasteiger partial charge in [0.2, 0.25) is 0 Å². The van der Waals surface area contributed by atoms with Crippen molar-refractivity contribution in [3.63, 3.8) is 0 Å². The summed E-state index contributed by atoms with van der Waals surface area (Å²) in [6, 6.07) is 5.62. The summed E-state index contributed by atoms with van der Waals surface area (Å²) in [4.78, 5) is 8.36. The van der Waals surface area contributed by atoms with E-state index in [1.165, 1.54) is 0 Å². The first-order valence-electron chi connectivity index (χ1n) is 9.89. The number of hydrogen-bond donors (Lipinski definition) is 2. The van der Waals surface area contributed by atoms with Gasteiger partial charge in [0.15, 0.2) is 0 Å². The van der Waals surface area contributed by atoms with Gasteiger partial charge in [0, 0.05) is 47.9 Å². The van der Waals surface area contributed by atoms with Crippen molar-refractivity contribution >= 4 is 0 Å². The van der Waals surface area contributed by atoms with Crippen molar-refractivity contribution in [1.82, 2.24) is 30.0 Å². The Hall–Kier alpha value is -3.00. The standard InChI is InChI=1S/C21H24N6O2/c1-20-5-6-21(2,26-20)11-15(10-20)29-19-23-12-17(24-25-19)16-4-3-14(9-18(16)28)27-8-7-22-13-27/h3-4,7-9,12-13,15,26,28H,5-6,10-11H2,1-2H3/t15-,20-,21+. The van der Waals surface area contributed by atoms with E-state index in [1.54, 1.807) is 30.9 Å². The molecule has 3 aromatic rings. The zero-order valence-electron chi connectivity index (χ0n) is 16.5. The molecule has 2 bridgehead atoms. The number of fused-ring (bicyclic) bond motifs is 2. The monoisotopic (exact) mass is 392 g/mol. The molecular weight excluding hydrogens is 368 g/mol. The highest BCUT2D eigenvalue weighted by molar-refractivity contribution is 5.67. The number of benzene rings is 1. The molecular formula is C21H24N6O2. The van der Waals surface area contributed by atoms with Gasteiger partial charge in [-0.05, 0) is 38.8 Å². The van der Waals surface area contributed by atoms with Gasteiger partial charge in [0.05, 0.1) is 18.2 Å². The smallest absolute Gasteiger partial charge is 0.335 e.